The molecule has 2 heterocycles. The van der Waals surface area contributed by atoms with Crippen molar-refractivity contribution in [2.75, 3.05) is 19.7 Å². The Kier molecular flexibility index (Phi) is 4.06. The standard InChI is InChI=1S/C12H17N3O2/c16-8-3-11-12(17)14-6-7-15(11)9-10-1-4-13-5-2-10/h1-2,4-5,11,16H,3,6-9H2,(H,14,17). The zero-order valence-corrected chi connectivity index (χ0v) is 9.67. The third kappa shape index (κ3) is 3.01. The molecule has 0 aliphatic carbocycles. The minimum absolute atomic E-state index is 0.0133. The van der Waals surface area contributed by atoms with Gasteiger partial charge >= 0.3 is 0 Å². The van der Waals surface area contributed by atoms with Gasteiger partial charge in [0.15, 0.2) is 0 Å². The number of amides is 1. The summed E-state index contributed by atoms with van der Waals surface area (Å²) >= 11 is 0. The zero-order valence-electron chi connectivity index (χ0n) is 9.67. The molecule has 1 atom stereocenters. The summed E-state index contributed by atoms with van der Waals surface area (Å²) in [5.41, 5.74) is 1.14. The number of pyridine rings is 1. The van der Waals surface area contributed by atoms with Crippen molar-refractivity contribution in [3.8, 4) is 0 Å². The Morgan fingerprint density at radius 3 is 2.94 bits per heavy atom. The van der Waals surface area contributed by atoms with Crippen LogP contribution in [-0.2, 0) is 11.3 Å². The number of carbonyl (C=O) groups excluding carboxylic acids is 1. The first kappa shape index (κ1) is 12.0. The van der Waals surface area contributed by atoms with E-state index >= 15 is 0 Å². The molecule has 1 unspecified atom stereocenters. The zero-order chi connectivity index (χ0) is 12.1. The first-order valence-corrected chi connectivity index (χ1v) is 5.83. The van der Waals surface area contributed by atoms with E-state index < -0.39 is 0 Å². The molecule has 5 nitrogen and oxygen atoms in total. The molecule has 2 N–H and O–H groups in total. The summed E-state index contributed by atoms with van der Waals surface area (Å²) in [5.74, 6) is 0.0133. The topological polar surface area (TPSA) is 65.5 Å². The molecule has 17 heavy (non-hydrogen) atoms. The molecular weight excluding hydrogens is 218 g/mol. The summed E-state index contributed by atoms with van der Waals surface area (Å²) in [7, 11) is 0. The molecule has 1 aromatic rings. The normalized spacial score (nSPS) is 21.2. The van der Waals surface area contributed by atoms with Crippen LogP contribution in [0.2, 0.25) is 0 Å². The highest BCUT2D eigenvalue weighted by atomic mass is 16.3. The summed E-state index contributed by atoms with van der Waals surface area (Å²) in [4.78, 5) is 17.8. The first-order valence-electron chi connectivity index (χ1n) is 5.83. The molecule has 92 valence electrons. The number of aliphatic hydroxyl groups is 1. The van der Waals surface area contributed by atoms with Gasteiger partial charge in [-0.3, -0.25) is 14.7 Å². The van der Waals surface area contributed by atoms with E-state index in [1.807, 2.05) is 12.1 Å². The van der Waals surface area contributed by atoms with Crippen LogP contribution in [0.4, 0.5) is 0 Å². The summed E-state index contributed by atoms with van der Waals surface area (Å²) in [6.07, 6.45) is 3.98. The van der Waals surface area contributed by atoms with Gasteiger partial charge in [0.25, 0.3) is 0 Å². The smallest absolute Gasteiger partial charge is 0.237 e. The lowest BCUT2D eigenvalue weighted by Crippen LogP contribution is -2.55. The molecule has 1 saturated heterocycles. The summed E-state index contributed by atoms with van der Waals surface area (Å²) < 4.78 is 0. The van der Waals surface area contributed by atoms with Crippen molar-refractivity contribution in [2.45, 2.75) is 19.0 Å². The molecule has 0 spiro atoms. The van der Waals surface area contributed by atoms with E-state index in [9.17, 15) is 4.79 Å². The Hall–Kier alpha value is -1.46. The third-order valence-corrected chi connectivity index (χ3v) is 2.98. The van der Waals surface area contributed by atoms with E-state index in [1.54, 1.807) is 12.4 Å². The van der Waals surface area contributed by atoms with Crippen LogP contribution in [0.25, 0.3) is 0 Å². The number of nitrogens with zero attached hydrogens (tertiary/aromatic N) is 2. The van der Waals surface area contributed by atoms with E-state index in [2.05, 4.69) is 15.2 Å². The van der Waals surface area contributed by atoms with Gasteiger partial charge in [0, 0.05) is 38.6 Å². The number of piperazine rings is 1. The number of hydrogen-bond donors (Lipinski definition) is 2. The molecule has 1 aliphatic heterocycles. The Bertz CT molecular complexity index is 369. The highest BCUT2D eigenvalue weighted by molar-refractivity contribution is 5.82. The highest BCUT2D eigenvalue weighted by Crippen LogP contribution is 2.12. The van der Waals surface area contributed by atoms with Gasteiger partial charge in [-0.25, -0.2) is 0 Å². The maximum absolute atomic E-state index is 11.7. The number of aliphatic hydroxyl groups excluding tert-OH is 1. The van der Waals surface area contributed by atoms with Crippen molar-refractivity contribution in [3.63, 3.8) is 0 Å². The predicted octanol–water partition coefficient (Wildman–Crippen LogP) is -0.236. The molecular formula is C12H17N3O2. The molecule has 0 aromatic carbocycles. The van der Waals surface area contributed by atoms with Crippen LogP contribution < -0.4 is 5.32 Å². The van der Waals surface area contributed by atoms with Gasteiger partial charge in [-0.1, -0.05) is 0 Å². The maximum Gasteiger partial charge on any atom is 0.237 e. The fourth-order valence-corrected chi connectivity index (χ4v) is 2.11. The fraction of sp³-hybridized carbons (Fsp3) is 0.500. The molecule has 0 radical (unpaired) electrons. The van der Waals surface area contributed by atoms with E-state index in [1.165, 1.54) is 0 Å². The molecule has 1 aromatic heterocycles. The van der Waals surface area contributed by atoms with Crippen molar-refractivity contribution in [1.29, 1.82) is 0 Å². The average Bonchev–Trinajstić information content (AvgIpc) is 2.35. The molecule has 5 heteroatoms. The fourth-order valence-electron chi connectivity index (χ4n) is 2.11. The van der Waals surface area contributed by atoms with Crippen LogP contribution in [0.1, 0.15) is 12.0 Å². The van der Waals surface area contributed by atoms with Gasteiger partial charge in [-0.15, -0.1) is 0 Å². The summed E-state index contributed by atoms with van der Waals surface area (Å²) in [5, 5.41) is 11.8. The Balaban J connectivity index is 2.04. The van der Waals surface area contributed by atoms with Gasteiger partial charge in [0.2, 0.25) is 5.91 Å². The van der Waals surface area contributed by atoms with Gasteiger partial charge in [0.1, 0.15) is 0 Å². The minimum atomic E-state index is -0.220. The maximum atomic E-state index is 11.7. The van der Waals surface area contributed by atoms with Crippen LogP contribution in [0.5, 0.6) is 0 Å². The van der Waals surface area contributed by atoms with Crippen LogP contribution in [0.15, 0.2) is 24.5 Å². The van der Waals surface area contributed by atoms with Gasteiger partial charge < -0.3 is 10.4 Å². The monoisotopic (exact) mass is 235 g/mol. The van der Waals surface area contributed by atoms with E-state index in [-0.39, 0.29) is 18.6 Å². The molecule has 1 amide bonds. The number of rotatable bonds is 4. The van der Waals surface area contributed by atoms with Crippen LogP contribution in [-0.4, -0.2) is 46.6 Å². The van der Waals surface area contributed by atoms with Gasteiger partial charge in [-0.2, -0.15) is 0 Å². The van der Waals surface area contributed by atoms with E-state index in [4.69, 9.17) is 5.11 Å². The Morgan fingerprint density at radius 1 is 1.47 bits per heavy atom. The highest BCUT2D eigenvalue weighted by Gasteiger charge is 2.28. The predicted molar refractivity (Wildman–Crippen MR) is 63.1 cm³/mol. The van der Waals surface area contributed by atoms with E-state index in [0.717, 1.165) is 18.7 Å². The van der Waals surface area contributed by atoms with E-state index in [0.29, 0.717) is 13.0 Å². The van der Waals surface area contributed by atoms with Crippen molar-refractivity contribution in [1.82, 2.24) is 15.2 Å². The molecule has 0 saturated carbocycles. The number of aromatic nitrogens is 1. The summed E-state index contributed by atoms with van der Waals surface area (Å²) in [6, 6.07) is 3.67. The van der Waals surface area contributed by atoms with Gasteiger partial charge in [-0.05, 0) is 24.1 Å². The molecule has 0 bridgehead atoms. The lowest BCUT2D eigenvalue weighted by Gasteiger charge is -2.34. The molecule has 2 rings (SSSR count). The largest absolute Gasteiger partial charge is 0.396 e. The number of hydrogen-bond acceptors (Lipinski definition) is 4. The lowest BCUT2D eigenvalue weighted by atomic mass is 10.1. The van der Waals surface area contributed by atoms with Crippen molar-refractivity contribution >= 4 is 5.91 Å². The van der Waals surface area contributed by atoms with Crippen molar-refractivity contribution in [2.24, 2.45) is 0 Å². The SMILES string of the molecule is O=C1NCCN(Cc2ccncc2)C1CCO. The number of carbonyl (C=O) groups is 1. The van der Waals surface area contributed by atoms with Crippen LogP contribution >= 0.6 is 0 Å². The van der Waals surface area contributed by atoms with Crippen LogP contribution in [0.3, 0.4) is 0 Å². The second kappa shape index (κ2) is 5.75. The first-order chi connectivity index (χ1) is 8.31. The Morgan fingerprint density at radius 2 is 2.24 bits per heavy atom. The van der Waals surface area contributed by atoms with Crippen LogP contribution in [0, 0.1) is 0 Å². The minimum Gasteiger partial charge on any atom is -0.396 e. The van der Waals surface area contributed by atoms with Crippen molar-refractivity contribution < 1.29 is 9.90 Å². The second-order valence-electron chi connectivity index (χ2n) is 4.15. The average molecular weight is 235 g/mol. The molecule has 1 aliphatic rings. The quantitative estimate of drug-likeness (QED) is 0.756. The van der Waals surface area contributed by atoms with Gasteiger partial charge in [0.05, 0.1) is 6.04 Å². The third-order valence-electron chi connectivity index (χ3n) is 2.98. The molecule has 1 fully saturated rings. The Labute approximate surface area is 100 Å². The number of nitrogens with one attached hydrogen (secondary N) is 1. The lowest BCUT2D eigenvalue weighted by molar-refractivity contribution is -0.129. The second-order valence-corrected chi connectivity index (χ2v) is 4.15. The summed E-state index contributed by atoms with van der Waals surface area (Å²) in [6.45, 7) is 2.25. The van der Waals surface area contributed by atoms with Crippen molar-refractivity contribution in [3.05, 3.63) is 30.1 Å².